The molecule has 0 aromatic carbocycles. The van der Waals surface area contributed by atoms with Crippen LogP contribution in [0.4, 0.5) is 0 Å². The van der Waals surface area contributed by atoms with Crippen molar-refractivity contribution in [3.05, 3.63) is 0 Å². The minimum atomic E-state index is 0.689. The Hall–Kier alpha value is 0.650. The summed E-state index contributed by atoms with van der Waals surface area (Å²) in [6.45, 7) is 6.75. The molecule has 0 bridgehead atoms. The molecule has 0 spiro atoms. The Morgan fingerprint density at radius 3 is 2.11 bits per heavy atom. The second-order valence-corrected chi connectivity index (χ2v) is 3.81. The van der Waals surface area contributed by atoms with Crippen LogP contribution in [0.25, 0.3) is 0 Å². The zero-order valence-electron chi connectivity index (χ0n) is 5.89. The Morgan fingerprint density at radius 1 is 1.33 bits per heavy atom. The van der Waals surface area contributed by atoms with E-state index in [0.29, 0.717) is 12.1 Å². The molecule has 1 heterocycles. The summed E-state index contributed by atoms with van der Waals surface area (Å²) in [5.41, 5.74) is 0. The molecule has 1 N–H and O–H groups in total. The summed E-state index contributed by atoms with van der Waals surface area (Å²) in [7, 11) is 0. The number of nitrogens with one attached hydrogen (secondary N) is 1. The first-order valence-corrected chi connectivity index (χ1v) is 4.33. The van der Waals surface area contributed by atoms with Gasteiger partial charge in [0.1, 0.15) is 0 Å². The number of hydrogen-bond donors (Lipinski definition) is 1. The molecule has 1 rings (SSSR count). The first-order valence-electron chi connectivity index (χ1n) is 3.36. The molecular formula is C6H13IN2. The van der Waals surface area contributed by atoms with E-state index in [-0.39, 0.29) is 0 Å². The van der Waals surface area contributed by atoms with Crippen LogP contribution in [0, 0.1) is 0 Å². The zero-order chi connectivity index (χ0) is 6.85. The van der Waals surface area contributed by atoms with Crippen LogP contribution in [0.3, 0.4) is 0 Å². The second-order valence-electron chi connectivity index (χ2n) is 2.70. The van der Waals surface area contributed by atoms with Crippen LogP contribution in [0.15, 0.2) is 0 Å². The maximum atomic E-state index is 3.37. The third-order valence-electron chi connectivity index (χ3n) is 1.72. The number of halogens is 1. The predicted octanol–water partition coefficient (Wildman–Crippen LogP) is 1.02. The number of hydrogen-bond acceptors (Lipinski definition) is 2. The lowest BCUT2D eigenvalue weighted by Crippen LogP contribution is -2.50. The van der Waals surface area contributed by atoms with Gasteiger partial charge in [-0.2, -0.15) is 0 Å². The van der Waals surface area contributed by atoms with Gasteiger partial charge >= 0.3 is 0 Å². The van der Waals surface area contributed by atoms with Gasteiger partial charge in [0.25, 0.3) is 0 Å². The first-order chi connectivity index (χ1) is 4.22. The van der Waals surface area contributed by atoms with E-state index in [0.717, 1.165) is 13.1 Å². The third-order valence-corrected chi connectivity index (χ3v) is 3.62. The number of piperazine rings is 1. The van der Waals surface area contributed by atoms with Crippen LogP contribution in [-0.4, -0.2) is 28.3 Å². The van der Waals surface area contributed by atoms with Crippen molar-refractivity contribution in [1.29, 1.82) is 0 Å². The minimum absolute atomic E-state index is 0.689. The van der Waals surface area contributed by atoms with Crippen LogP contribution in [0.1, 0.15) is 13.8 Å². The van der Waals surface area contributed by atoms with Crippen molar-refractivity contribution in [2.24, 2.45) is 0 Å². The molecule has 0 aromatic heterocycles. The molecule has 2 unspecified atom stereocenters. The molecule has 1 aliphatic heterocycles. The topological polar surface area (TPSA) is 15.3 Å². The van der Waals surface area contributed by atoms with E-state index in [2.05, 4.69) is 45.1 Å². The average molecular weight is 240 g/mol. The normalized spacial score (nSPS) is 39.0. The van der Waals surface area contributed by atoms with Crippen LogP contribution in [0.2, 0.25) is 0 Å². The summed E-state index contributed by atoms with van der Waals surface area (Å²) in [5, 5.41) is 3.37. The molecule has 54 valence electrons. The fourth-order valence-electron chi connectivity index (χ4n) is 1.11. The lowest BCUT2D eigenvalue weighted by atomic mass is 10.2. The molecule has 0 aliphatic carbocycles. The van der Waals surface area contributed by atoms with Gasteiger partial charge in [-0.3, -0.25) is 0 Å². The lowest BCUT2D eigenvalue weighted by Gasteiger charge is -2.34. The zero-order valence-corrected chi connectivity index (χ0v) is 8.05. The summed E-state index contributed by atoms with van der Waals surface area (Å²) >= 11 is 2.40. The van der Waals surface area contributed by atoms with E-state index in [1.54, 1.807) is 0 Å². The molecule has 0 aromatic rings. The van der Waals surface area contributed by atoms with E-state index < -0.39 is 0 Å². The Morgan fingerprint density at radius 2 is 1.78 bits per heavy atom. The van der Waals surface area contributed by atoms with Crippen LogP contribution in [-0.2, 0) is 0 Å². The highest BCUT2D eigenvalue weighted by molar-refractivity contribution is 14.1. The molecule has 2 atom stereocenters. The summed E-state index contributed by atoms with van der Waals surface area (Å²) in [6.07, 6.45) is 0. The maximum Gasteiger partial charge on any atom is 0.0294 e. The Bertz CT molecular complexity index is 87.1. The molecule has 9 heavy (non-hydrogen) atoms. The molecule has 0 saturated carbocycles. The Balaban J connectivity index is 2.41. The van der Waals surface area contributed by atoms with E-state index >= 15 is 0 Å². The van der Waals surface area contributed by atoms with Crippen molar-refractivity contribution in [1.82, 2.24) is 8.43 Å². The SMILES string of the molecule is CC1CNCC(C)N1I. The molecule has 1 saturated heterocycles. The fourth-order valence-corrected chi connectivity index (χ4v) is 1.50. The van der Waals surface area contributed by atoms with Gasteiger partial charge in [0.05, 0.1) is 0 Å². The molecular weight excluding hydrogens is 227 g/mol. The fraction of sp³-hybridized carbons (Fsp3) is 1.00. The molecule has 1 aliphatic rings. The van der Waals surface area contributed by atoms with Gasteiger partial charge < -0.3 is 5.32 Å². The van der Waals surface area contributed by atoms with Gasteiger partial charge in [-0.25, -0.2) is 3.11 Å². The van der Waals surface area contributed by atoms with Crippen molar-refractivity contribution < 1.29 is 0 Å². The summed E-state index contributed by atoms with van der Waals surface area (Å²) in [4.78, 5) is 0. The highest BCUT2D eigenvalue weighted by Crippen LogP contribution is 2.13. The van der Waals surface area contributed by atoms with Gasteiger partial charge in [-0.15, -0.1) is 0 Å². The smallest absolute Gasteiger partial charge is 0.0294 e. The maximum absolute atomic E-state index is 3.37. The van der Waals surface area contributed by atoms with Crippen LogP contribution < -0.4 is 5.32 Å². The van der Waals surface area contributed by atoms with Crippen molar-refractivity contribution in [3.63, 3.8) is 0 Å². The second kappa shape index (κ2) is 3.16. The summed E-state index contributed by atoms with van der Waals surface area (Å²) in [6, 6.07) is 1.38. The van der Waals surface area contributed by atoms with Gasteiger partial charge in [-0.1, -0.05) is 0 Å². The predicted molar refractivity (Wildman–Crippen MR) is 47.7 cm³/mol. The summed E-state index contributed by atoms with van der Waals surface area (Å²) in [5.74, 6) is 0. The molecule has 0 amide bonds. The van der Waals surface area contributed by atoms with Gasteiger partial charge in [0.15, 0.2) is 0 Å². The standard InChI is InChI=1S/C6H13IN2/c1-5-3-8-4-6(2)9(5)7/h5-6,8H,3-4H2,1-2H3. The highest BCUT2D eigenvalue weighted by Gasteiger charge is 2.21. The summed E-state index contributed by atoms with van der Waals surface area (Å²) < 4.78 is 2.38. The molecule has 0 radical (unpaired) electrons. The Kier molecular flexibility index (Phi) is 2.73. The van der Waals surface area contributed by atoms with E-state index in [4.69, 9.17) is 0 Å². The van der Waals surface area contributed by atoms with Gasteiger partial charge in [0, 0.05) is 48.0 Å². The van der Waals surface area contributed by atoms with E-state index in [1.807, 2.05) is 0 Å². The van der Waals surface area contributed by atoms with E-state index in [1.165, 1.54) is 0 Å². The van der Waals surface area contributed by atoms with Crippen LogP contribution >= 0.6 is 22.9 Å². The number of nitrogens with zero attached hydrogens (tertiary/aromatic N) is 1. The lowest BCUT2D eigenvalue weighted by molar-refractivity contribution is 0.264. The van der Waals surface area contributed by atoms with Gasteiger partial charge in [0.2, 0.25) is 0 Å². The minimum Gasteiger partial charge on any atom is -0.314 e. The van der Waals surface area contributed by atoms with E-state index in [9.17, 15) is 0 Å². The largest absolute Gasteiger partial charge is 0.314 e. The molecule has 1 fully saturated rings. The molecule has 3 heteroatoms. The van der Waals surface area contributed by atoms with Crippen molar-refractivity contribution >= 4 is 22.9 Å². The van der Waals surface area contributed by atoms with Crippen LogP contribution in [0.5, 0.6) is 0 Å². The third kappa shape index (κ3) is 1.78. The van der Waals surface area contributed by atoms with Crippen molar-refractivity contribution in [2.75, 3.05) is 13.1 Å². The van der Waals surface area contributed by atoms with Crippen molar-refractivity contribution in [2.45, 2.75) is 25.9 Å². The average Bonchev–Trinajstić information content (AvgIpc) is 1.83. The quantitative estimate of drug-likeness (QED) is 0.502. The molecule has 2 nitrogen and oxygen atoms in total. The highest BCUT2D eigenvalue weighted by atomic mass is 127. The first kappa shape index (κ1) is 7.75. The number of rotatable bonds is 0. The van der Waals surface area contributed by atoms with Crippen molar-refractivity contribution in [3.8, 4) is 0 Å². The monoisotopic (exact) mass is 240 g/mol. The Labute approximate surface area is 70.5 Å². The van der Waals surface area contributed by atoms with Gasteiger partial charge in [-0.05, 0) is 13.8 Å².